The van der Waals surface area contributed by atoms with Crippen molar-refractivity contribution in [1.29, 1.82) is 0 Å². The number of nitrogens with zero attached hydrogens (tertiary/aromatic N) is 2. The predicted molar refractivity (Wildman–Crippen MR) is 99.7 cm³/mol. The van der Waals surface area contributed by atoms with E-state index in [4.69, 9.17) is 0 Å². The van der Waals surface area contributed by atoms with Gasteiger partial charge in [0.1, 0.15) is 0 Å². The molecule has 1 saturated heterocycles. The van der Waals surface area contributed by atoms with Gasteiger partial charge in [-0.15, -0.1) is 0 Å². The van der Waals surface area contributed by atoms with E-state index < -0.39 is 11.7 Å². The molecule has 2 unspecified atom stereocenters. The van der Waals surface area contributed by atoms with Crippen LogP contribution < -0.4 is 10.2 Å². The Bertz CT molecular complexity index is 642. The lowest BCUT2D eigenvalue weighted by Gasteiger charge is -2.36. The van der Waals surface area contributed by atoms with Crippen molar-refractivity contribution in [3.8, 4) is 0 Å². The molecule has 2 fully saturated rings. The van der Waals surface area contributed by atoms with Gasteiger partial charge in [0.2, 0.25) is 5.91 Å². The van der Waals surface area contributed by atoms with E-state index >= 15 is 0 Å². The molecule has 7 heteroatoms. The van der Waals surface area contributed by atoms with E-state index in [1.807, 2.05) is 4.90 Å². The molecule has 0 radical (unpaired) electrons. The van der Waals surface area contributed by atoms with Crippen LogP contribution in [0.1, 0.15) is 38.2 Å². The molecule has 1 aliphatic heterocycles. The number of amides is 1. The van der Waals surface area contributed by atoms with Crippen molar-refractivity contribution in [3.63, 3.8) is 0 Å². The predicted octanol–water partition coefficient (Wildman–Crippen LogP) is 3.52. The molecule has 0 bridgehead atoms. The van der Waals surface area contributed by atoms with E-state index in [1.165, 1.54) is 31.4 Å². The van der Waals surface area contributed by atoms with Crippen LogP contribution in [0.4, 0.5) is 18.9 Å². The molecular weight excluding hydrogens is 355 g/mol. The van der Waals surface area contributed by atoms with Crippen LogP contribution in [-0.2, 0) is 11.0 Å². The number of anilines is 1. The number of rotatable bonds is 4. The Hall–Kier alpha value is -1.76. The van der Waals surface area contributed by atoms with Crippen molar-refractivity contribution >= 4 is 11.6 Å². The maximum atomic E-state index is 12.9. The highest BCUT2D eigenvalue weighted by molar-refractivity contribution is 5.78. The third-order valence-corrected chi connectivity index (χ3v) is 5.74. The molecule has 4 nitrogen and oxygen atoms in total. The Morgan fingerprint density at radius 3 is 2.52 bits per heavy atom. The number of alkyl halides is 3. The molecule has 1 amide bonds. The lowest BCUT2D eigenvalue weighted by Crippen LogP contribution is -2.51. The van der Waals surface area contributed by atoms with Crippen molar-refractivity contribution in [1.82, 2.24) is 10.2 Å². The number of hydrogen-bond acceptors (Lipinski definition) is 3. The summed E-state index contributed by atoms with van der Waals surface area (Å²) in [7, 11) is 0. The average molecular weight is 383 g/mol. The summed E-state index contributed by atoms with van der Waals surface area (Å²) < 4.78 is 38.7. The lowest BCUT2D eigenvalue weighted by molar-refractivity contribution is -0.137. The van der Waals surface area contributed by atoms with Gasteiger partial charge in [-0.2, -0.15) is 13.2 Å². The number of hydrogen-bond donors (Lipinski definition) is 1. The summed E-state index contributed by atoms with van der Waals surface area (Å²) >= 11 is 0. The zero-order valence-corrected chi connectivity index (χ0v) is 15.8. The van der Waals surface area contributed by atoms with Crippen LogP contribution in [0.2, 0.25) is 0 Å². The Morgan fingerprint density at radius 2 is 1.85 bits per heavy atom. The summed E-state index contributed by atoms with van der Waals surface area (Å²) in [6.07, 6.45) is 0.305. The molecule has 1 saturated carbocycles. The molecule has 1 N–H and O–H groups in total. The molecule has 1 heterocycles. The smallest absolute Gasteiger partial charge is 0.369 e. The largest absolute Gasteiger partial charge is 0.416 e. The summed E-state index contributed by atoms with van der Waals surface area (Å²) in [5.41, 5.74) is -0.0339. The number of carbonyl (C=O) groups is 1. The Morgan fingerprint density at radius 1 is 1.15 bits per heavy atom. The maximum Gasteiger partial charge on any atom is 0.416 e. The first-order valence-electron chi connectivity index (χ1n) is 9.77. The zero-order valence-electron chi connectivity index (χ0n) is 15.8. The molecule has 27 heavy (non-hydrogen) atoms. The van der Waals surface area contributed by atoms with Gasteiger partial charge in [-0.1, -0.05) is 25.8 Å². The van der Waals surface area contributed by atoms with Crippen LogP contribution in [0, 0.1) is 5.92 Å². The van der Waals surface area contributed by atoms with Gasteiger partial charge < -0.3 is 10.2 Å². The first-order valence-corrected chi connectivity index (χ1v) is 9.77. The number of halogens is 3. The highest BCUT2D eigenvalue weighted by Crippen LogP contribution is 2.31. The zero-order chi connectivity index (χ0) is 19.4. The van der Waals surface area contributed by atoms with Crippen LogP contribution in [-0.4, -0.2) is 49.6 Å². The molecule has 2 atom stereocenters. The molecule has 2 aliphatic rings. The fourth-order valence-corrected chi connectivity index (χ4v) is 4.03. The van der Waals surface area contributed by atoms with Crippen LogP contribution >= 0.6 is 0 Å². The first-order chi connectivity index (χ1) is 12.8. The third-order valence-electron chi connectivity index (χ3n) is 5.74. The first kappa shape index (κ1) is 20.0. The quantitative estimate of drug-likeness (QED) is 0.864. The topological polar surface area (TPSA) is 35.6 Å². The molecule has 0 aromatic heterocycles. The summed E-state index contributed by atoms with van der Waals surface area (Å²) in [6, 6.07) is 5.73. The Labute approximate surface area is 158 Å². The molecule has 1 aromatic rings. The second-order valence-corrected chi connectivity index (χ2v) is 7.75. The van der Waals surface area contributed by atoms with Gasteiger partial charge in [0.25, 0.3) is 0 Å². The minimum atomic E-state index is -4.33. The normalized spacial score (nSPS) is 24.7. The van der Waals surface area contributed by atoms with Crippen LogP contribution in [0.25, 0.3) is 0 Å². The van der Waals surface area contributed by atoms with Gasteiger partial charge >= 0.3 is 6.18 Å². The molecule has 1 aromatic carbocycles. The third kappa shape index (κ3) is 5.37. The Kier molecular flexibility index (Phi) is 6.29. The minimum Gasteiger partial charge on any atom is -0.369 e. The fourth-order valence-electron chi connectivity index (χ4n) is 4.03. The summed E-state index contributed by atoms with van der Waals surface area (Å²) in [5.74, 6) is 0.585. The van der Waals surface area contributed by atoms with Gasteiger partial charge in [-0.3, -0.25) is 9.69 Å². The van der Waals surface area contributed by atoms with Crippen molar-refractivity contribution < 1.29 is 18.0 Å². The van der Waals surface area contributed by atoms with Crippen molar-refractivity contribution in [3.05, 3.63) is 29.8 Å². The van der Waals surface area contributed by atoms with Crippen molar-refractivity contribution in [2.24, 2.45) is 5.92 Å². The minimum absolute atomic E-state index is 0.0567. The molecule has 3 rings (SSSR count). The van der Waals surface area contributed by atoms with Crippen molar-refractivity contribution in [2.45, 2.75) is 44.8 Å². The van der Waals surface area contributed by atoms with Crippen LogP contribution in [0.5, 0.6) is 0 Å². The second kappa shape index (κ2) is 8.50. The summed E-state index contributed by atoms with van der Waals surface area (Å²) in [4.78, 5) is 16.4. The summed E-state index contributed by atoms with van der Waals surface area (Å²) in [6.45, 7) is 5.13. The average Bonchev–Trinajstić information content (AvgIpc) is 2.64. The standard InChI is InChI=1S/C20H28F3N3O/c1-15-5-2-3-8-18(15)24-19(27)14-25-9-11-26(12-10-25)17-7-4-6-16(13-17)20(21,22)23/h4,6-7,13,15,18H,2-3,5,8-12,14H2,1H3,(H,24,27). The molecule has 1 aliphatic carbocycles. The van der Waals surface area contributed by atoms with Crippen molar-refractivity contribution in [2.75, 3.05) is 37.6 Å². The van der Waals surface area contributed by atoms with Gasteiger partial charge in [-0.25, -0.2) is 0 Å². The number of piperazine rings is 1. The number of nitrogens with one attached hydrogen (secondary N) is 1. The van der Waals surface area contributed by atoms with Gasteiger partial charge in [-0.05, 0) is 37.0 Å². The highest BCUT2D eigenvalue weighted by atomic mass is 19.4. The lowest BCUT2D eigenvalue weighted by atomic mass is 9.86. The van der Waals surface area contributed by atoms with Gasteiger partial charge in [0.15, 0.2) is 0 Å². The second-order valence-electron chi connectivity index (χ2n) is 7.75. The maximum absolute atomic E-state index is 12.9. The van der Waals surface area contributed by atoms with E-state index in [0.29, 0.717) is 44.3 Å². The molecule has 150 valence electrons. The number of carbonyl (C=O) groups excluding carboxylic acids is 1. The van der Waals surface area contributed by atoms with Crippen LogP contribution in [0.15, 0.2) is 24.3 Å². The SMILES string of the molecule is CC1CCCCC1NC(=O)CN1CCN(c2cccc(C(F)(F)F)c2)CC1. The van der Waals surface area contributed by atoms with E-state index in [-0.39, 0.29) is 11.9 Å². The van der Waals surface area contributed by atoms with Gasteiger partial charge in [0.05, 0.1) is 12.1 Å². The van der Waals surface area contributed by atoms with E-state index in [9.17, 15) is 18.0 Å². The monoisotopic (exact) mass is 383 g/mol. The number of benzene rings is 1. The van der Waals surface area contributed by atoms with E-state index in [1.54, 1.807) is 6.07 Å². The van der Waals surface area contributed by atoms with Gasteiger partial charge in [0, 0.05) is 37.9 Å². The summed E-state index contributed by atoms with van der Waals surface area (Å²) in [5, 5.41) is 3.16. The van der Waals surface area contributed by atoms with E-state index in [2.05, 4.69) is 17.1 Å². The van der Waals surface area contributed by atoms with E-state index in [0.717, 1.165) is 12.5 Å². The molecular formula is C20H28F3N3O. The molecule has 0 spiro atoms. The fraction of sp³-hybridized carbons (Fsp3) is 0.650. The van der Waals surface area contributed by atoms with Crippen LogP contribution in [0.3, 0.4) is 0 Å². The highest BCUT2D eigenvalue weighted by Gasteiger charge is 2.31. The Balaban J connectivity index is 1.48.